The average Bonchev–Trinajstić information content (AvgIpc) is 3.31. The van der Waals surface area contributed by atoms with Crippen LogP contribution < -0.4 is 5.73 Å². The number of hydrogen-bond donors (Lipinski definition) is 3. The maximum Gasteiger partial charge on any atom is 0.248 e. The number of nitrogens with two attached hydrogens (primary N) is 1. The summed E-state index contributed by atoms with van der Waals surface area (Å²) >= 11 is 0. The topological polar surface area (TPSA) is 95.2 Å². The fraction of sp³-hybridized carbons (Fsp3) is 0.385. The highest BCUT2D eigenvalue weighted by atomic mass is 16.3. The number of hydrogen-bond acceptors (Lipinski definition) is 4. The molecular formula is C26H32N4O2. The number of aromatic hydroxyl groups is 1. The normalized spacial score (nSPS) is 19.2. The first-order valence-corrected chi connectivity index (χ1v) is 11.4. The third kappa shape index (κ3) is 4.02. The molecule has 1 unspecified atom stereocenters. The van der Waals surface area contributed by atoms with E-state index < -0.39 is 0 Å². The Bertz CT molecular complexity index is 1090. The molecule has 0 radical (unpaired) electrons. The minimum atomic E-state index is -0.377. The van der Waals surface area contributed by atoms with E-state index in [9.17, 15) is 9.90 Å². The first-order chi connectivity index (χ1) is 15.5. The van der Waals surface area contributed by atoms with E-state index >= 15 is 0 Å². The van der Waals surface area contributed by atoms with E-state index in [1.165, 1.54) is 11.1 Å². The van der Waals surface area contributed by atoms with Gasteiger partial charge in [0.2, 0.25) is 5.91 Å². The lowest BCUT2D eigenvalue weighted by molar-refractivity contribution is 0.0999. The lowest BCUT2D eigenvalue weighted by Gasteiger charge is -2.45. The maximum absolute atomic E-state index is 12.1. The Balaban J connectivity index is 1.88. The molecule has 2 aromatic carbocycles. The third-order valence-electron chi connectivity index (χ3n) is 6.82. The van der Waals surface area contributed by atoms with E-state index in [2.05, 4.69) is 40.8 Å². The summed E-state index contributed by atoms with van der Waals surface area (Å²) in [6.07, 6.45) is 7.20. The number of aromatic amines is 1. The van der Waals surface area contributed by atoms with Gasteiger partial charge in [-0.1, -0.05) is 32.0 Å². The fourth-order valence-electron chi connectivity index (χ4n) is 5.47. The van der Waals surface area contributed by atoms with Gasteiger partial charge in [0.1, 0.15) is 11.6 Å². The highest BCUT2D eigenvalue weighted by molar-refractivity contribution is 5.95. The summed E-state index contributed by atoms with van der Waals surface area (Å²) in [5.41, 5.74) is 10.6. The maximum atomic E-state index is 12.1. The number of nitrogens with zero attached hydrogens (tertiary/aromatic N) is 2. The standard InChI is InChI=1S/C26H32N4O2/c1-3-20-21(4-2)23(10-9-22(20)25(27)32)26(18-7-5-8-19(31)15-18)11-6-14-30(17-26)16-24-28-12-13-29-24/h5,7-10,12-13,15,31H,3-4,6,11,14,16-17H2,1-2H3,(H2,27,32)(H,28,29). The lowest BCUT2D eigenvalue weighted by atomic mass is 9.66. The van der Waals surface area contributed by atoms with Gasteiger partial charge in [-0.15, -0.1) is 0 Å². The third-order valence-corrected chi connectivity index (χ3v) is 6.82. The van der Waals surface area contributed by atoms with Crippen LogP contribution in [0.15, 0.2) is 48.8 Å². The van der Waals surface area contributed by atoms with Gasteiger partial charge in [-0.3, -0.25) is 9.69 Å². The number of carbonyl (C=O) groups excluding carboxylic acids is 1. The van der Waals surface area contributed by atoms with Gasteiger partial charge in [-0.05, 0) is 72.7 Å². The lowest BCUT2D eigenvalue weighted by Crippen LogP contribution is -2.47. The van der Waals surface area contributed by atoms with Gasteiger partial charge in [-0.2, -0.15) is 0 Å². The molecule has 0 bridgehead atoms. The van der Waals surface area contributed by atoms with Crippen molar-refractivity contribution < 1.29 is 9.90 Å². The molecule has 1 aliphatic rings. The van der Waals surface area contributed by atoms with Crippen molar-refractivity contribution in [1.29, 1.82) is 0 Å². The highest BCUT2D eigenvalue weighted by Crippen LogP contribution is 2.44. The predicted molar refractivity (Wildman–Crippen MR) is 126 cm³/mol. The summed E-state index contributed by atoms with van der Waals surface area (Å²) in [6.45, 7) is 6.76. The van der Waals surface area contributed by atoms with Crippen LogP contribution in [-0.4, -0.2) is 39.0 Å². The molecule has 6 heteroatoms. The number of H-pyrrole nitrogens is 1. The molecule has 0 spiro atoms. The summed E-state index contributed by atoms with van der Waals surface area (Å²) < 4.78 is 0. The van der Waals surface area contributed by atoms with Crippen LogP contribution in [0.4, 0.5) is 0 Å². The number of benzene rings is 2. The van der Waals surface area contributed by atoms with Crippen LogP contribution in [-0.2, 0) is 24.8 Å². The molecule has 1 fully saturated rings. The Morgan fingerprint density at radius 3 is 2.69 bits per heavy atom. The van der Waals surface area contributed by atoms with Crippen molar-refractivity contribution in [1.82, 2.24) is 14.9 Å². The van der Waals surface area contributed by atoms with Crippen LogP contribution in [0.2, 0.25) is 0 Å². The van der Waals surface area contributed by atoms with Crippen molar-refractivity contribution in [3.05, 3.63) is 82.4 Å². The first kappa shape index (κ1) is 22.1. The van der Waals surface area contributed by atoms with Crippen molar-refractivity contribution in [3.8, 4) is 5.75 Å². The number of primary amides is 1. The Hall–Kier alpha value is -3.12. The molecule has 4 rings (SSSR count). The fourth-order valence-corrected chi connectivity index (χ4v) is 5.47. The Kier molecular flexibility index (Phi) is 6.33. The molecule has 32 heavy (non-hydrogen) atoms. The summed E-state index contributed by atoms with van der Waals surface area (Å²) in [7, 11) is 0. The second-order valence-corrected chi connectivity index (χ2v) is 8.67. The zero-order valence-corrected chi connectivity index (χ0v) is 18.9. The largest absolute Gasteiger partial charge is 0.508 e. The SMILES string of the molecule is CCc1c(C(N)=O)ccc(C2(c3cccc(O)c3)CCCN(Cc3ncc[nH]3)C2)c1CC. The van der Waals surface area contributed by atoms with Crippen molar-refractivity contribution >= 4 is 5.91 Å². The number of amides is 1. The molecule has 1 amide bonds. The van der Waals surface area contributed by atoms with Crippen LogP contribution >= 0.6 is 0 Å². The summed E-state index contributed by atoms with van der Waals surface area (Å²) in [5.74, 6) is 0.843. The van der Waals surface area contributed by atoms with Crippen LogP contribution in [0.25, 0.3) is 0 Å². The smallest absolute Gasteiger partial charge is 0.248 e. The van der Waals surface area contributed by atoms with Crippen molar-refractivity contribution in [2.24, 2.45) is 5.73 Å². The van der Waals surface area contributed by atoms with E-state index in [4.69, 9.17) is 5.73 Å². The molecule has 1 aliphatic heterocycles. The second kappa shape index (κ2) is 9.17. The van der Waals surface area contributed by atoms with Gasteiger partial charge < -0.3 is 15.8 Å². The van der Waals surface area contributed by atoms with E-state index in [1.807, 2.05) is 24.4 Å². The van der Waals surface area contributed by atoms with E-state index in [0.717, 1.165) is 62.3 Å². The van der Waals surface area contributed by atoms with E-state index in [0.29, 0.717) is 5.56 Å². The minimum Gasteiger partial charge on any atom is -0.508 e. The monoisotopic (exact) mass is 432 g/mol. The molecule has 168 valence electrons. The number of phenolic OH excluding ortho intramolecular Hbond substituents is 1. The summed E-state index contributed by atoms with van der Waals surface area (Å²) in [5, 5.41) is 10.3. The highest BCUT2D eigenvalue weighted by Gasteiger charge is 2.41. The summed E-state index contributed by atoms with van der Waals surface area (Å²) in [4.78, 5) is 22.2. The first-order valence-electron chi connectivity index (χ1n) is 11.4. The van der Waals surface area contributed by atoms with Gasteiger partial charge in [0.25, 0.3) is 0 Å². The number of rotatable bonds is 7. The van der Waals surface area contributed by atoms with E-state index in [1.54, 1.807) is 12.3 Å². The van der Waals surface area contributed by atoms with Crippen LogP contribution in [0.3, 0.4) is 0 Å². The molecule has 1 atom stereocenters. The van der Waals surface area contributed by atoms with Gasteiger partial charge in [0.05, 0.1) is 6.54 Å². The molecular weight excluding hydrogens is 400 g/mol. The van der Waals surface area contributed by atoms with Crippen LogP contribution in [0.5, 0.6) is 5.75 Å². The molecule has 0 aliphatic carbocycles. The molecule has 4 N–H and O–H groups in total. The zero-order valence-electron chi connectivity index (χ0n) is 18.9. The van der Waals surface area contributed by atoms with Crippen LogP contribution in [0, 0.1) is 0 Å². The number of phenols is 1. The molecule has 3 aromatic rings. The quantitative estimate of drug-likeness (QED) is 0.527. The number of aromatic nitrogens is 2. The Morgan fingerprint density at radius 1 is 1.22 bits per heavy atom. The predicted octanol–water partition coefficient (Wildman–Crippen LogP) is 3.92. The molecule has 2 heterocycles. The van der Waals surface area contributed by atoms with Gasteiger partial charge in [-0.25, -0.2) is 4.98 Å². The second-order valence-electron chi connectivity index (χ2n) is 8.67. The summed E-state index contributed by atoms with van der Waals surface area (Å²) in [6, 6.07) is 11.6. The van der Waals surface area contributed by atoms with Gasteiger partial charge in [0, 0.05) is 29.9 Å². The average molecular weight is 433 g/mol. The Labute approximate surface area is 189 Å². The number of nitrogens with one attached hydrogen (secondary N) is 1. The minimum absolute atomic E-state index is 0.271. The van der Waals surface area contributed by atoms with Gasteiger partial charge >= 0.3 is 0 Å². The van der Waals surface area contributed by atoms with Crippen molar-refractivity contribution in [3.63, 3.8) is 0 Å². The Morgan fingerprint density at radius 2 is 2.03 bits per heavy atom. The zero-order chi connectivity index (χ0) is 22.7. The van der Waals surface area contributed by atoms with Crippen molar-refractivity contribution in [2.45, 2.75) is 51.5 Å². The van der Waals surface area contributed by atoms with E-state index in [-0.39, 0.29) is 17.1 Å². The molecule has 0 saturated carbocycles. The van der Waals surface area contributed by atoms with Crippen LogP contribution in [0.1, 0.15) is 65.1 Å². The molecule has 1 saturated heterocycles. The number of likely N-dealkylation sites (tertiary alicyclic amines) is 1. The van der Waals surface area contributed by atoms with Gasteiger partial charge in [0.15, 0.2) is 0 Å². The number of imidazole rings is 1. The number of piperidine rings is 1. The van der Waals surface area contributed by atoms with Crippen molar-refractivity contribution in [2.75, 3.05) is 13.1 Å². The number of carbonyl (C=O) groups is 1. The molecule has 1 aromatic heterocycles. The molecule has 6 nitrogen and oxygen atoms in total.